The number of sulfonamides is 1. The molecule has 2 rings (SSSR count). The Morgan fingerprint density at radius 2 is 1.89 bits per heavy atom. The highest BCUT2D eigenvalue weighted by Crippen LogP contribution is 2.14. The number of nitrogens with one attached hydrogen (secondary N) is 2. The van der Waals surface area contributed by atoms with Crippen molar-refractivity contribution in [3.63, 3.8) is 0 Å². The van der Waals surface area contributed by atoms with E-state index in [-0.39, 0.29) is 17.3 Å². The zero-order valence-corrected chi connectivity index (χ0v) is 17.5. The molecule has 0 radical (unpaired) electrons. The number of anilines is 2. The number of aryl methyl sites for hydroxylation is 1. The molecule has 0 fully saturated rings. The third-order valence-corrected chi connectivity index (χ3v) is 5.74. The van der Waals surface area contributed by atoms with Crippen LogP contribution in [0.4, 0.5) is 11.5 Å². The summed E-state index contributed by atoms with van der Waals surface area (Å²) in [7, 11) is -3.81. The van der Waals surface area contributed by atoms with E-state index in [2.05, 4.69) is 15.0 Å². The van der Waals surface area contributed by atoms with Gasteiger partial charge in [0.15, 0.2) is 0 Å². The zero-order chi connectivity index (χ0) is 19.2. The van der Waals surface area contributed by atoms with Crippen LogP contribution >= 0.6 is 24.2 Å². The molecule has 148 valence electrons. The number of amides is 1. The second kappa shape index (κ2) is 10.5. The molecule has 10 heteroatoms. The van der Waals surface area contributed by atoms with Crippen molar-refractivity contribution in [1.82, 2.24) is 9.71 Å². The second-order valence-electron chi connectivity index (χ2n) is 5.73. The first kappa shape index (κ1) is 23.2. The molecule has 7 nitrogen and oxygen atoms in total. The van der Waals surface area contributed by atoms with E-state index in [0.717, 1.165) is 5.56 Å². The fraction of sp³-hybridized carbons (Fsp3) is 0.294. The van der Waals surface area contributed by atoms with Gasteiger partial charge in [-0.25, -0.2) is 13.4 Å². The number of aromatic nitrogens is 1. The standard InChI is InChI=1S/C17H22N4O3S2.ClH/c1-12-3-6-14(7-4-12)26(23,24)21-15(9-10-25-2)17(22)20-13-5-8-16(18)19-11-13;/h3-8,11,15,21H,9-10H2,1-2H3,(H2,18,19)(H,20,22);1H. The monoisotopic (exact) mass is 430 g/mol. The lowest BCUT2D eigenvalue weighted by atomic mass is 10.2. The van der Waals surface area contributed by atoms with Gasteiger partial charge in [-0.05, 0) is 49.6 Å². The average Bonchev–Trinajstić information content (AvgIpc) is 2.61. The van der Waals surface area contributed by atoms with Gasteiger partial charge in [-0.1, -0.05) is 17.7 Å². The summed E-state index contributed by atoms with van der Waals surface area (Å²) in [5, 5.41) is 2.67. The van der Waals surface area contributed by atoms with E-state index < -0.39 is 22.0 Å². The summed E-state index contributed by atoms with van der Waals surface area (Å²) in [6.07, 6.45) is 3.68. The minimum absolute atomic E-state index is 0. The van der Waals surface area contributed by atoms with Gasteiger partial charge in [-0.2, -0.15) is 16.5 Å². The Balaban J connectivity index is 0.00000364. The number of hydrogen-bond acceptors (Lipinski definition) is 6. The average molecular weight is 431 g/mol. The molecular weight excluding hydrogens is 408 g/mol. The first-order chi connectivity index (χ1) is 12.3. The van der Waals surface area contributed by atoms with E-state index in [0.29, 0.717) is 23.7 Å². The predicted molar refractivity (Wildman–Crippen MR) is 113 cm³/mol. The van der Waals surface area contributed by atoms with Gasteiger partial charge in [0.2, 0.25) is 15.9 Å². The number of carbonyl (C=O) groups excluding carboxylic acids is 1. The Kier molecular flexibility index (Phi) is 9.04. The highest BCUT2D eigenvalue weighted by Gasteiger charge is 2.25. The van der Waals surface area contributed by atoms with Crippen molar-refractivity contribution in [3.05, 3.63) is 48.2 Å². The van der Waals surface area contributed by atoms with Crippen LogP contribution in [0.1, 0.15) is 12.0 Å². The van der Waals surface area contributed by atoms with Gasteiger partial charge in [0.1, 0.15) is 11.9 Å². The summed E-state index contributed by atoms with van der Waals surface area (Å²) < 4.78 is 27.7. The number of rotatable bonds is 8. The normalized spacial score (nSPS) is 12.1. The van der Waals surface area contributed by atoms with E-state index in [1.807, 2.05) is 13.2 Å². The lowest BCUT2D eigenvalue weighted by Gasteiger charge is -2.18. The SMILES string of the molecule is CSCCC(NS(=O)(=O)c1ccc(C)cc1)C(=O)Nc1ccc(N)nc1.Cl. The summed E-state index contributed by atoms with van der Waals surface area (Å²) >= 11 is 1.54. The van der Waals surface area contributed by atoms with Crippen LogP contribution in [0.25, 0.3) is 0 Å². The van der Waals surface area contributed by atoms with E-state index in [9.17, 15) is 13.2 Å². The van der Waals surface area contributed by atoms with Crippen molar-refractivity contribution in [1.29, 1.82) is 0 Å². The summed E-state index contributed by atoms with van der Waals surface area (Å²) in [6, 6.07) is 8.74. The Labute approximate surface area is 170 Å². The van der Waals surface area contributed by atoms with Gasteiger partial charge < -0.3 is 11.1 Å². The van der Waals surface area contributed by atoms with Gasteiger partial charge in [0, 0.05) is 0 Å². The largest absolute Gasteiger partial charge is 0.384 e. The van der Waals surface area contributed by atoms with Crippen LogP contribution in [-0.2, 0) is 14.8 Å². The summed E-state index contributed by atoms with van der Waals surface area (Å²) in [6.45, 7) is 1.87. The molecule has 4 N–H and O–H groups in total. The highest BCUT2D eigenvalue weighted by atomic mass is 35.5. The molecule has 0 aliphatic rings. The lowest BCUT2D eigenvalue weighted by Crippen LogP contribution is -2.44. The molecule has 0 saturated carbocycles. The zero-order valence-electron chi connectivity index (χ0n) is 15.0. The summed E-state index contributed by atoms with van der Waals surface area (Å²) in [4.78, 5) is 16.6. The van der Waals surface area contributed by atoms with Gasteiger partial charge in [-0.15, -0.1) is 12.4 Å². The number of benzene rings is 1. The van der Waals surface area contributed by atoms with E-state index >= 15 is 0 Å². The molecule has 1 aromatic carbocycles. The van der Waals surface area contributed by atoms with Crippen LogP contribution in [0.5, 0.6) is 0 Å². The van der Waals surface area contributed by atoms with E-state index in [1.165, 1.54) is 30.1 Å². The smallest absolute Gasteiger partial charge is 0.242 e. The molecule has 1 atom stereocenters. The molecular formula is C17H23ClN4O3S2. The maximum absolute atomic E-state index is 12.6. The first-order valence-electron chi connectivity index (χ1n) is 7.92. The maximum Gasteiger partial charge on any atom is 0.242 e. The van der Waals surface area contributed by atoms with Crippen LogP contribution in [0.3, 0.4) is 0 Å². The molecule has 0 saturated heterocycles. The van der Waals surface area contributed by atoms with E-state index in [1.54, 1.807) is 24.3 Å². The topological polar surface area (TPSA) is 114 Å². The number of halogens is 1. The van der Waals surface area contributed by atoms with Crippen LogP contribution < -0.4 is 15.8 Å². The Morgan fingerprint density at radius 1 is 1.22 bits per heavy atom. The summed E-state index contributed by atoms with van der Waals surface area (Å²) in [5.41, 5.74) is 6.93. The first-order valence-corrected chi connectivity index (χ1v) is 10.8. The number of carbonyl (C=O) groups is 1. The van der Waals surface area contributed by atoms with Crippen LogP contribution in [0.2, 0.25) is 0 Å². The van der Waals surface area contributed by atoms with Gasteiger partial charge in [0.25, 0.3) is 0 Å². The van der Waals surface area contributed by atoms with E-state index in [4.69, 9.17) is 5.73 Å². The molecule has 1 aromatic heterocycles. The molecule has 1 unspecified atom stereocenters. The third kappa shape index (κ3) is 7.02. The van der Waals surface area contributed by atoms with Gasteiger partial charge >= 0.3 is 0 Å². The number of pyridine rings is 1. The molecule has 2 aromatic rings. The number of thioether (sulfide) groups is 1. The van der Waals surface area contributed by atoms with Crippen molar-refractivity contribution in [2.75, 3.05) is 23.1 Å². The lowest BCUT2D eigenvalue weighted by molar-refractivity contribution is -0.117. The fourth-order valence-corrected chi connectivity index (χ4v) is 3.86. The summed E-state index contributed by atoms with van der Waals surface area (Å²) in [5.74, 6) is 0.525. The number of nitrogen functional groups attached to an aromatic ring is 1. The number of hydrogen-bond donors (Lipinski definition) is 3. The minimum Gasteiger partial charge on any atom is -0.384 e. The molecule has 1 heterocycles. The van der Waals surface area contributed by atoms with Crippen LogP contribution in [0.15, 0.2) is 47.5 Å². The van der Waals surface area contributed by atoms with Crippen molar-refractivity contribution >= 4 is 51.6 Å². The molecule has 0 aliphatic carbocycles. The van der Waals surface area contributed by atoms with Crippen molar-refractivity contribution in [3.8, 4) is 0 Å². The van der Waals surface area contributed by atoms with Crippen LogP contribution in [-0.4, -0.2) is 37.4 Å². The Hall–Kier alpha value is -1.81. The minimum atomic E-state index is -3.81. The maximum atomic E-state index is 12.6. The van der Waals surface area contributed by atoms with Gasteiger partial charge in [0.05, 0.1) is 16.8 Å². The molecule has 0 aliphatic heterocycles. The molecule has 27 heavy (non-hydrogen) atoms. The molecule has 1 amide bonds. The highest BCUT2D eigenvalue weighted by molar-refractivity contribution is 7.98. The number of nitrogens with zero attached hydrogens (tertiary/aromatic N) is 1. The quantitative estimate of drug-likeness (QED) is 0.592. The second-order valence-corrected chi connectivity index (χ2v) is 8.43. The van der Waals surface area contributed by atoms with Crippen molar-refractivity contribution in [2.45, 2.75) is 24.3 Å². The predicted octanol–water partition coefficient (Wildman–Crippen LogP) is 2.43. The van der Waals surface area contributed by atoms with Crippen molar-refractivity contribution in [2.24, 2.45) is 0 Å². The Morgan fingerprint density at radius 3 is 2.44 bits per heavy atom. The molecule has 0 spiro atoms. The van der Waals surface area contributed by atoms with Crippen LogP contribution in [0, 0.1) is 6.92 Å². The number of nitrogens with two attached hydrogens (primary N) is 1. The van der Waals surface area contributed by atoms with Gasteiger partial charge in [-0.3, -0.25) is 4.79 Å². The third-order valence-electron chi connectivity index (χ3n) is 3.61. The Bertz CT molecular complexity index is 843. The molecule has 0 bridgehead atoms. The van der Waals surface area contributed by atoms with Crippen molar-refractivity contribution < 1.29 is 13.2 Å². The fourth-order valence-electron chi connectivity index (χ4n) is 2.16.